The number of hydrogen-bond donors (Lipinski definition) is 1. The van der Waals surface area contributed by atoms with Crippen molar-refractivity contribution in [2.45, 2.75) is 37.2 Å². The van der Waals surface area contributed by atoms with E-state index in [0.717, 1.165) is 17.5 Å². The molecule has 0 fully saturated rings. The van der Waals surface area contributed by atoms with Crippen molar-refractivity contribution in [1.29, 1.82) is 0 Å². The molecule has 8 heteroatoms. The van der Waals surface area contributed by atoms with Crippen molar-refractivity contribution >= 4 is 44.9 Å². The van der Waals surface area contributed by atoms with E-state index in [1.165, 1.54) is 39.4 Å². The van der Waals surface area contributed by atoms with Gasteiger partial charge in [0, 0.05) is 24.5 Å². The molecule has 0 unspecified atom stereocenters. The highest BCUT2D eigenvalue weighted by molar-refractivity contribution is 8.00. The first-order valence-electron chi connectivity index (χ1n) is 9.41. The van der Waals surface area contributed by atoms with Crippen LogP contribution in [0.1, 0.15) is 25.2 Å². The molecule has 1 atom stereocenters. The van der Waals surface area contributed by atoms with Gasteiger partial charge in [-0.25, -0.2) is 4.98 Å². The Morgan fingerprint density at radius 3 is 2.83 bits per heavy atom. The van der Waals surface area contributed by atoms with Gasteiger partial charge in [0.05, 0.1) is 5.25 Å². The lowest BCUT2D eigenvalue weighted by Gasteiger charge is -2.12. The van der Waals surface area contributed by atoms with Gasteiger partial charge in [-0.1, -0.05) is 54.2 Å². The van der Waals surface area contributed by atoms with Crippen molar-refractivity contribution in [1.82, 2.24) is 19.7 Å². The number of nitrogens with one attached hydrogen (secondary N) is 1. The Labute approximate surface area is 177 Å². The van der Waals surface area contributed by atoms with Crippen molar-refractivity contribution in [3.8, 4) is 0 Å². The summed E-state index contributed by atoms with van der Waals surface area (Å²) in [6.45, 7) is 4.68. The molecule has 0 aliphatic carbocycles. The van der Waals surface area contributed by atoms with Gasteiger partial charge in [-0.3, -0.25) is 4.79 Å². The van der Waals surface area contributed by atoms with Crippen LogP contribution in [0.2, 0.25) is 0 Å². The normalized spacial score (nSPS) is 12.2. The molecule has 0 aliphatic rings. The SMILES string of the molecule is CCn1c(Cc2cccc3ccccc23)nnc1S[C@H](C)C(=O)Nc1nccs1. The van der Waals surface area contributed by atoms with E-state index in [0.29, 0.717) is 11.6 Å². The number of benzene rings is 2. The van der Waals surface area contributed by atoms with Crippen molar-refractivity contribution in [3.63, 3.8) is 0 Å². The first-order valence-corrected chi connectivity index (χ1v) is 11.2. The van der Waals surface area contributed by atoms with E-state index < -0.39 is 0 Å². The van der Waals surface area contributed by atoms with Gasteiger partial charge in [0.2, 0.25) is 5.91 Å². The smallest absolute Gasteiger partial charge is 0.239 e. The molecule has 0 saturated heterocycles. The molecule has 148 valence electrons. The predicted molar refractivity (Wildman–Crippen MR) is 119 cm³/mol. The van der Waals surface area contributed by atoms with Crippen LogP contribution in [0.4, 0.5) is 5.13 Å². The van der Waals surface area contributed by atoms with Crippen LogP contribution in [0.25, 0.3) is 10.8 Å². The second-order valence-electron chi connectivity index (χ2n) is 6.54. The topological polar surface area (TPSA) is 72.7 Å². The molecule has 2 aromatic heterocycles. The maximum atomic E-state index is 12.4. The number of thiazole rings is 1. The Bertz CT molecular complexity index is 1120. The molecule has 0 bridgehead atoms. The molecule has 0 spiro atoms. The van der Waals surface area contributed by atoms with Crippen LogP contribution in [0.15, 0.2) is 59.2 Å². The third kappa shape index (κ3) is 4.33. The molecule has 2 aromatic carbocycles. The van der Waals surface area contributed by atoms with E-state index in [2.05, 4.69) is 68.4 Å². The molecule has 4 aromatic rings. The maximum Gasteiger partial charge on any atom is 0.239 e. The van der Waals surface area contributed by atoms with Gasteiger partial charge in [-0.2, -0.15) is 0 Å². The van der Waals surface area contributed by atoms with Crippen molar-refractivity contribution < 1.29 is 4.79 Å². The third-order valence-electron chi connectivity index (χ3n) is 4.65. The maximum absolute atomic E-state index is 12.4. The summed E-state index contributed by atoms with van der Waals surface area (Å²) in [5.41, 5.74) is 1.22. The molecular weight excluding hydrogens is 402 g/mol. The number of amides is 1. The Morgan fingerprint density at radius 1 is 1.21 bits per heavy atom. The lowest BCUT2D eigenvalue weighted by molar-refractivity contribution is -0.115. The van der Waals surface area contributed by atoms with E-state index in [1.807, 2.05) is 18.4 Å². The first-order chi connectivity index (χ1) is 14.2. The number of carbonyl (C=O) groups excluding carboxylic acids is 1. The van der Waals surface area contributed by atoms with Gasteiger partial charge >= 0.3 is 0 Å². The number of rotatable bonds is 7. The fourth-order valence-electron chi connectivity index (χ4n) is 3.18. The average Bonchev–Trinajstić information content (AvgIpc) is 3.38. The third-order valence-corrected chi connectivity index (χ3v) is 6.42. The average molecular weight is 424 g/mol. The molecule has 0 saturated carbocycles. The van der Waals surface area contributed by atoms with E-state index in [4.69, 9.17) is 0 Å². The fraction of sp³-hybridized carbons (Fsp3) is 0.238. The molecule has 4 rings (SSSR count). The van der Waals surface area contributed by atoms with Crippen molar-refractivity contribution in [2.24, 2.45) is 0 Å². The minimum atomic E-state index is -0.307. The van der Waals surface area contributed by atoms with Crippen LogP contribution in [0, 0.1) is 0 Å². The minimum absolute atomic E-state index is 0.0915. The molecule has 6 nitrogen and oxygen atoms in total. The lowest BCUT2D eigenvalue weighted by Crippen LogP contribution is -2.22. The monoisotopic (exact) mass is 423 g/mol. The van der Waals surface area contributed by atoms with Crippen LogP contribution in [-0.2, 0) is 17.8 Å². The van der Waals surface area contributed by atoms with Gasteiger partial charge in [0.15, 0.2) is 10.3 Å². The van der Waals surface area contributed by atoms with E-state index in [9.17, 15) is 4.79 Å². The zero-order chi connectivity index (χ0) is 20.2. The summed E-state index contributed by atoms with van der Waals surface area (Å²) in [5, 5.41) is 17.0. The van der Waals surface area contributed by atoms with Gasteiger partial charge in [-0.15, -0.1) is 21.5 Å². The highest BCUT2D eigenvalue weighted by Crippen LogP contribution is 2.26. The molecule has 2 heterocycles. The molecule has 0 radical (unpaired) electrons. The summed E-state index contributed by atoms with van der Waals surface area (Å²) in [6.07, 6.45) is 2.37. The van der Waals surface area contributed by atoms with Crippen LogP contribution < -0.4 is 5.32 Å². The van der Waals surface area contributed by atoms with Crippen LogP contribution in [0.3, 0.4) is 0 Å². The van der Waals surface area contributed by atoms with Gasteiger partial charge in [0.25, 0.3) is 0 Å². The number of hydrogen-bond acceptors (Lipinski definition) is 6. The minimum Gasteiger partial charge on any atom is -0.306 e. The predicted octanol–water partition coefficient (Wildman–Crippen LogP) is 4.62. The van der Waals surface area contributed by atoms with Gasteiger partial charge < -0.3 is 9.88 Å². The lowest BCUT2D eigenvalue weighted by atomic mass is 10.0. The fourth-order valence-corrected chi connectivity index (χ4v) is 4.64. The van der Waals surface area contributed by atoms with Crippen LogP contribution in [0.5, 0.6) is 0 Å². The Balaban J connectivity index is 1.52. The summed E-state index contributed by atoms with van der Waals surface area (Å²) < 4.78 is 2.08. The Hall–Kier alpha value is -2.71. The van der Waals surface area contributed by atoms with E-state index >= 15 is 0 Å². The van der Waals surface area contributed by atoms with Crippen molar-refractivity contribution in [3.05, 3.63) is 65.4 Å². The van der Waals surface area contributed by atoms with Crippen molar-refractivity contribution in [2.75, 3.05) is 5.32 Å². The second kappa shape index (κ2) is 8.75. The highest BCUT2D eigenvalue weighted by atomic mass is 32.2. The zero-order valence-electron chi connectivity index (χ0n) is 16.2. The van der Waals surface area contributed by atoms with E-state index in [1.54, 1.807) is 6.20 Å². The van der Waals surface area contributed by atoms with Gasteiger partial charge in [-0.05, 0) is 30.2 Å². The Morgan fingerprint density at radius 2 is 2.03 bits per heavy atom. The van der Waals surface area contributed by atoms with Crippen LogP contribution >= 0.6 is 23.1 Å². The van der Waals surface area contributed by atoms with E-state index in [-0.39, 0.29) is 11.2 Å². The summed E-state index contributed by atoms with van der Waals surface area (Å²) >= 11 is 2.82. The number of nitrogens with zero attached hydrogens (tertiary/aromatic N) is 4. The number of fused-ring (bicyclic) bond motifs is 1. The zero-order valence-corrected chi connectivity index (χ0v) is 17.8. The largest absolute Gasteiger partial charge is 0.306 e. The number of carbonyl (C=O) groups is 1. The van der Waals surface area contributed by atoms with Crippen LogP contribution in [-0.4, -0.2) is 30.9 Å². The Kier molecular flexibility index (Phi) is 5.92. The highest BCUT2D eigenvalue weighted by Gasteiger charge is 2.20. The molecule has 1 amide bonds. The quantitative estimate of drug-likeness (QED) is 0.439. The molecule has 1 N–H and O–H groups in total. The first kappa shape index (κ1) is 19.6. The molecule has 0 aliphatic heterocycles. The number of anilines is 1. The molecule has 29 heavy (non-hydrogen) atoms. The summed E-state index contributed by atoms with van der Waals surface area (Å²) in [6, 6.07) is 14.7. The van der Waals surface area contributed by atoms with Gasteiger partial charge in [0.1, 0.15) is 5.82 Å². The summed E-state index contributed by atoms with van der Waals surface area (Å²) in [4.78, 5) is 16.5. The number of aromatic nitrogens is 4. The number of thioether (sulfide) groups is 1. The summed E-state index contributed by atoms with van der Waals surface area (Å²) in [7, 11) is 0. The second-order valence-corrected chi connectivity index (χ2v) is 8.75. The molecular formula is C21H21N5OS2. The summed E-state index contributed by atoms with van der Waals surface area (Å²) in [5.74, 6) is 0.810. The standard InChI is InChI=1S/C21H21N5OS2/c1-3-26-18(13-16-9-6-8-15-7-4-5-10-17(15)16)24-25-21(26)29-14(2)19(27)23-20-22-11-12-28-20/h4-12,14H,3,13H2,1-2H3,(H,22,23,27)/t14-/m1/s1.